The van der Waals surface area contributed by atoms with Gasteiger partial charge in [0.25, 0.3) is 0 Å². The van der Waals surface area contributed by atoms with Gasteiger partial charge in [0, 0.05) is 24.7 Å². The predicted octanol–water partition coefficient (Wildman–Crippen LogP) is 3.68. The van der Waals surface area contributed by atoms with Crippen molar-refractivity contribution in [2.24, 2.45) is 11.3 Å². The molecule has 0 radical (unpaired) electrons. The van der Waals surface area contributed by atoms with Crippen LogP contribution in [0.15, 0.2) is 42.2 Å². The van der Waals surface area contributed by atoms with Gasteiger partial charge in [-0.25, -0.2) is 4.79 Å². The number of ether oxygens (including phenoxy) is 3. The number of esters is 2. The van der Waals surface area contributed by atoms with Crippen molar-refractivity contribution in [2.45, 2.75) is 52.4 Å². The first kappa shape index (κ1) is 17.7. The Kier molecular flexibility index (Phi) is 4.45. The Morgan fingerprint density at radius 3 is 2.48 bits per heavy atom. The van der Waals surface area contributed by atoms with E-state index in [0.29, 0.717) is 18.6 Å². The number of hydrogen-bond donors (Lipinski definition) is 0. The maximum absolute atomic E-state index is 13.0. The molecule has 3 atom stereocenters. The molecule has 5 heteroatoms. The SMILES string of the molecule is CC(=O)OC1=CC[C@@H]([C@]2(c3ccccc3)O[C@@H](C(C)(C)C)OC2=O)C1. The summed E-state index contributed by atoms with van der Waals surface area (Å²) in [6.07, 6.45) is 2.28. The second kappa shape index (κ2) is 6.30. The van der Waals surface area contributed by atoms with Crippen LogP contribution in [0.5, 0.6) is 0 Å². The zero-order valence-corrected chi connectivity index (χ0v) is 15.1. The number of carbonyl (C=O) groups is 2. The first-order valence-electron chi connectivity index (χ1n) is 8.55. The molecule has 1 saturated heterocycles. The molecule has 0 unspecified atom stereocenters. The lowest BCUT2D eigenvalue weighted by Crippen LogP contribution is -2.41. The minimum atomic E-state index is -1.18. The summed E-state index contributed by atoms with van der Waals surface area (Å²) in [6.45, 7) is 7.30. The maximum Gasteiger partial charge on any atom is 0.345 e. The van der Waals surface area contributed by atoms with Crippen LogP contribution in [-0.4, -0.2) is 18.2 Å². The number of carbonyl (C=O) groups excluding carboxylic acids is 2. The average molecular weight is 344 g/mol. The van der Waals surface area contributed by atoms with Crippen LogP contribution in [-0.2, 0) is 29.4 Å². The summed E-state index contributed by atoms with van der Waals surface area (Å²) in [5, 5.41) is 0. The molecule has 0 spiro atoms. The number of rotatable bonds is 3. The van der Waals surface area contributed by atoms with Crippen LogP contribution in [0.25, 0.3) is 0 Å². The van der Waals surface area contributed by atoms with Crippen molar-refractivity contribution < 1.29 is 23.8 Å². The largest absolute Gasteiger partial charge is 0.433 e. The number of benzene rings is 1. The van der Waals surface area contributed by atoms with E-state index in [1.54, 1.807) is 0 Å². The summed E-state index contributed by atoms with van der Waals surface area (Å²) in [7, 11) is 0. The molecule has 134 valence electrons. The van der Waals surface area contributed by atoms with Crippen molar-refractivity contribution in [3.8, 4) is 0 Å². The fraction of sp³-hybridized carbons (Fsp3) is 0.500. The molecule has 2 aliphatic rings. The lowest BCUT2D eigenvalue weighted by molar-refractivity contribution is -0.162. The predicted molar refractivity (Wildman–Crippen MR) is 91.1 cm³/mol. The van der Waals surface area contributed by atoms with E-state index in [9.17, 15) is 9.59 Å². The average Bonchev–Trinajstić information content (AvgIpc) is 3.12. The summed E-state index contributed by atoms with van der Waals surface area (Å²) >= 11 is 0. The number of allylic oxidation sites excluding steroid dienone is 2. The van der Waals surface area contributed by atoms with Crippen LogP contribution in [0.1, 0.15) is 46.1 Å². The number of hydrogen-bond acceptors (Lipinski definition) is 5. The monoisotopic (exact) mass is 344 g/mol. The van der Waals surface area contributed by atoms with E-state index < -0.39 is 11.9 Å². The lowest BCUT2D eigenvalue weighted by Gasteiger charge is -2.33. The Balaban J connectivity index is 1.96. The molecule has 1 aromatic carbocycles. The van der Waals surface area contributed by atoms with E-state index in [4.69, 9.17) is 14.2 Å². The van der Waals surface area contributed by atoms with Gasteiger partial charge >= 0.3 is 11.9 Å². The third kappa shape index (κ3) is 3.21. The molecule has 1 aromatic rings. The van der Waals surface area contributed by atoms with Crippen LogP contribution in [0.3, 0.4) is 0 Å². The van der Waals surface area contributed by atoms with Gasteiger partial charge in [-0.05, 0) is 18.1 Å². The van der Waals surface area contributed by atoms with Crippen molar-refractivity contribution in [1.82, 2.24) is 0 Å². The Morgan fingerprint density at radius 2 is 1.92 bits per heavy atom. The van der Waals surface area contributed by atoms with Gasteiger partial charge in [-0.1, -0.05) is 51.1 Å². The summed E-state index contributed by atoms with van der Waals surface area (Å²) < 4.78 is 17.2. The Labute approximate surface area is 148 Å². The van der Waals surface area contributed by atoms with E-state index in [1.165, 1.54) is 6.92 Å². The van der Waals surface area contributed by atoms with Crippen molar-refractivity contribution >= 4 is 11.9 Å². The van der Waals surface area contributed by atoms with Crippen LogP contribution in [0.2, 0.25) is 0 Å². The van der Waals surface area contributed by atoms with E-state index in [-0.39, 0.29) is 23.3 Å². The molecule has 0 bridgehead atoms. The van der Waals surface area contributed by atoms with Crippen LogP contribution < -0.4 is 0 Å². The molecule has 5 nitrogen and oxygen atoms in total. The quantitative estimate of drug-likeness (QED) is 0.783. The molecule has 3 rings (SSSR count). The second-order valence-corrected chi connectivity index (χ2v) is 7.72. The molecule has 0 aromatic heterocycles. The second-order valence-electron chi connectivity index (χ2n) is 7.72. The molecular formula is C20H24O5. The van der Waals surface area contributed by atoms with Gasteiger partial charge < -0.3 is 14.2 Å². The van der Waals surface area contributed by atoms with Gasteiger partial charge in [0.2, 0.25) is 6.29 Å². The third-order valence-electron chi connectivity index (χ3n) is 4.65. The lowest BCUT2D eigenvalue weighted by atomic mass is 9.79. The van der Waals surface area contributed by atoms with Crippen molar-refractivity contribution in [3.05, 3.63) is 47.7 Å². The van der Waals surface area contributed by atoms with E-state index in [2.05, 4.69) is 0 Å². The van der Waals surface area contributed by atoms with Gasteiger partial charge in [-0.2, -0.15) is 0 Å². The zero-order chi connectivity index (χ0) is 18.2. The van der Waals surface area contributed by atoms with Crippen LogP contribution in [0, 0.1) is 11.3 Å². The Hall–Kier alpha value is -2.14. The van der Waals surface area contributed by atoms with Gasteiger partial charge in [0.15, 0.2) is 5.60 Å². The zero-order valence-electron chi connectivity index (χ0n) is 15.1. The van der Waals surface area contributed by atoms with Gasteiger partial charge in [-0.15, -0.1) is 0 Å². The molecule has 0 saturated carbocycles. The summed E-state index contributed by atoms with van der Waals surface area (Å²) in [5.74, 6) is -0.322. The normalized spacial score (nSPS) is 29.3. The van der Waals surface area contributed by atoms with Crippen molar-refractivity contribution in [1.29, 1.82) is 0 Å². The fourth-order valence-electron chi connectivity index (χ4n) is 3.41. The summed E-state index contributed by atoms with van der Waals surface area (Å²) in [6, 6.07) is 9.43. The fourth-order valence-corrected chi connectivity index (χ4v) is 3.41. The van der Waals surface area contributed by atoms with Crippen LogP contribution >= 0.6 is 0 Å². The minimum absolute atomic E-state index is 0.177. The van der Waals surface area contributed by atoms with Gasteiger partial charge in [-0.3, -0.25) is 4.79 Å². The highest BCUT2D eigenvalue weighted by molar-refractivity contribution is 5.83. The molecule has 1 heterocycles. The first-order valence-corrected chi connectivity index (χ1v) is 8.55. The number of cyclic esters (lactones) is 1. The van der Waals surface area contributed by atoms with E-state index in [0.717, 1.165) is 5.56 Å². The highest BCUT2D eigenvalue weighted by Crippen LogP contribution is 2.50. The Bertz CT molecular complexity index is 701. The molecule has 25 heavy (non-hydrogen) atoms. The van der Waals surface area contributed by atoms with E-state index in [1.807, 2.05) is 57.2 Å². The standard InChI is InChI=1S/C20H24O5/c1-13(21)23-16-11-10-15(12-16)20(14-8-6-5-7-9-14)17(22)24-18(25-20)19(2,3)4/h5-9,11,15,18H,10,12H2,1-4H3/t15-,18+,20+/m1/s1. The minimum Gasteiger partial charge on any atom is -0.433 e. The van der Waals surface area contributed by atoms with Gasteiger partial charge in [0.1, 0.15) is 5.76 Å². The highest BCUT2D eigenvalue weighted by atomic mass is 16.8. The van der Waals surface area contributed by atoms with E-state index >= 15 is 0 Å². The van der Waals surface area contributed by atoms with Gasteiger partial charge in [0.05, 0.1) is 0 Å². The molecular weight excluding hydrogens is 320 g/mol. The smallest absolute Gasteiger partial charge is 0.345 e. The third-order valence-corrected chi connectivity index (χ3v) is 4.65. The molecule has 0 N–H and O–H groups in total. The van der Waals surface area contributed by atoms with Crippen molar-refractivity contribution in [2.75, 3.05) is 0 Å². The highest BCUT2D eigenvalue weighted by Gasteiger charge is 2.59. The topological polar surface area (TPSA) is 61.8 Å². The van der Waals surface area contributed by atoms with Crippen LogP contribution in [0.4, 0.5) is 0 Å². The molecule has 1 fully saturated rings. The molecule has 0 amide bonds. The summed E-state index contributed by atoms with van der Waals surface area (Å²) in [5.41, 5.74) is -0.747. The maximum atomic E-state index is 13.0. The first-order chi connectivity index (χ1) is 11.7. The molecule has 1 aliphatic heterocycles. The summed E-state index contributed by atoms with van der Waals surface area (Å²) in [4.78, 5) is 24.2. The van der Waals surface area contributed by atoms with Crippen molar-refractivity contribution in [3.63, 3.8) is 0 Å². The molecule has 1 aliphatic carbocycles. The Morgan fingerprint density at radius 1 is 1.24 bits per heavy atom.